The molecule has 180 valence electrons. The highest BCUT2D eigenvalue weighted by atomic mass is 16.5. The average Bonchev–Trinajstić information content (AvgIpc) is 3.29. The van der Waals surface area contributed by atoms with Crippen molar-refractivity contribution in [2.45, 2.75) is 115 Å². The fourth-order valence-electron chi connectivity index (χ4n) is 8.17. The van der Waals surface area contributed by atoms with Gasteiger partial charge in [0.25, 0.3) is 5.91 Å². The lowest BCUT2D eigenvalue weighted by molar-refractivity contribution is -0.165. The molecule has 33 heavy (non-hydrogen) atoms. The molecule has 0 aliphatic heterocycles. The molecule has 4 unspecified atom stereocenters. The van der Waals surface area contributed by atoms with Gasteiger partial charge < -0.3 is 10.1 Å². The van der Waals surface area contributed by atoms with Crippen molar-refractivity contribution in [3.05, 3.63) is 17.0 Å². The molecule has 6 rings (SSSR count). The van der Waals surface area contributed by atoms with E-state index in [0.29, 0.717) is 23.8 Å². The minimum Gasteiger partial charge on any atom is -0.464 e. The zero-order valence-electron chi connectivity index (χ0n) is 20.2. The van der Waals surface area contributed by atoms with E-state index in [1.54, 1.807) is 0 Å². The highest BCUT2D eigenvalue weighted by Crippen LogP contribution is 2.79. The molecule has 1 amide bonds. The Morgan fingerprint density at radius 2 is 1.79 bits per heavy atom. The third kappa shape index (κ3) is 3.30. The van der Waals surface area contributed by atoms with Crippen LogP contribution in [-0.2, 0) is 22.4 Å². The molecule has 0 saturated heterocycles. The lowest BCUT2D eigenvalue weighted by Crippen LogP contribution is -2.69. The summed E-state index contributed by atoms with van der Waals surface area (Å²) >= 11 is 0. The van der Waals surface area contributed by atoms with Gasteiger partial charge in [0.05, 0.1) is 12.6 Å². The average molecular weight is 454 g/mol. The van der Waals surface area contributed by atoms with Crippen LogP contribution in [0.4, 0.5) is 0 Å². The SMILES string of the molecule is CCOC(=O)C1(NC(=O)c2nn(C3CCCCC3)c3c2CCCCCC3)CC23CC2CCC13. The van der Waals surface area contributed by atoms with E-state index in [2.05, 4.69) is 10.00 Å². The molecule has 5 aliphatic rings. The highest BCUT2D eigenvalue weighted by Gasteiger charge is 2.79. The molecule has 5 aliphatic carbocycles. The van der Waals surface area contributed by atoms with Crippen molar-refractivity contribution in [2.75, 3.05) is 6.61 Å². The Morgan fingerprint density at radius 3 is 2.52 bits per heavy atom. The fraction of sp³-hybridized carbons (Fsp3) is 0.815. The summed E-state index contributed by atoms with van der Waals surface area (Å²) in [5.74, 6) is 0.622. The number of fused-ring (bicyclic) bond motifs is 1. The van der Waals surface area contributed by atoms with Crippen LogP contribution in [0.2, 0.25) is 0 Å². The molecule has 0 aromatic carbocycles. The highest BCUT2D eigenvalue weighted by molar-refractivity contribution is 5.99. The maximum absolute atomic E-state index is 13.8. The van der Waals surface area contributed by atoms with Crippen LogP contribution in [0.15, 0.2) is 0 Å². The van der Waals surface area contributed by atoms with Gasteiger partial charge in [-0.15, -0.1) is 0 Å². The summed E-state index contributed by atoms with van der Waals surface area (Å²) in [5, 5.41) is 8.28. The Bertz CT molecular complexity index is 947. The van der Waals surface area contributed by atoms with Gasteiger partial charge in [0.1, 0.15) is 5.54 Å². The molecule has 0 bridgehead atoms. The smallest absolute Gasteiger partial charge is 0.332 e. The van der Waals surface area contributed by atoms with E-state index in [4.69, 9.17) is 9.84 Å². The Hall–Kier alpha value is -1.85. The largest absolute Gasteiger partial charge is 0.464 e. The third-order valence-electron chi connectivity index (χ3n) is 9.80. The Kier molecular flexibility index (Phi) is 5.34. The number of rotatable bonds is 5. The second kappa shape index (κ2) is 8.13. The predicted octanol–water partition coefficient (Wildman–Crippen LogP) is 4.90. The van der Waals surface area contributed by atoms with Crippen LogP contribution in [-0.4, -0.2) is 33.8 Å². The molecular formula is C27H39N3O3. The lowest BCUT2D eigenvalue weighted by atomic mass is 9.56. The predicted molar refractivity (Wildman–Crippen MR) is 125 cm³/mol. The number of carbonyl (C=O) groups excluding carboxylic acids is 2. The van der Waals surface area contributed by atoms with Gasteiger partial charge in [-0.3, -0.25) is 9.48 Å². The van der Waals surface area contributed by atoms with Crippen molar-refractivity contribution in [1.82, 2.24) is 15.1 Å². The monoisotopic (exact) mass is 453 g/mol. The molecule has 4 fully saturated rings. The van der Waals surface area contributed by atoms with Crippen molar-refractivity contribution >= 4 is 11.9 Å². The Labute approximate surface area is 197 Å². The first-order valence-corrected chi connectivity index (χ1v) is 13.7. The third-order valence-corrected chi connectivity index (χ3v) is 9.80. The number of amides is 1. The Balaban J connectivity index is 1.32. The van der Waals surface area contributed by atoms with Crippen molar-refractivity contribution in [3.63, 3.8) is 0 Å². The number of esters is 1. The molecule has 6 nitrogen and oxygen atoms in total. The van der Waals surface area contributed by atoms with E-state index in [9.17, 15) is 9.59 Å². The first-order chi connectivity index (χ1) is 16.1. The molecule has 6 heteroatoms. The van der Waals surface area contributed by atoms with Gasteiger partial charge in [-0.1, -0.05) is 32.1 Å². The van der Waals surface area contributed by atoms with Crippen LogP contribution >= 0.6 is 0 Å². The normalized spacial score (nSPS) is 35.3. The zero-order valence-corrected chi connectivity index (χ0v) is 20.2. The number of hydrogen-bond donors (Lipinski definition) is 1. The van der Waals surface area contributed by atoms with Gasteiger partial charge in [-0.2, -0.15) is 5.10 Å². The quantitative estimate of drug-likeness (QED) is 0.644. The van der Waals surface area contributed by atoms with Crippen molar-refractivity contribution in [3.8, 4) is 0 Å². The summed E-state index contributed by atoms with van der Waals surface area (Å²) in [5.41, 5.74) is 2.50. The number of nitrogens with zero attached hydrogens (tertiary/aromatic N) is 2. The van der Waals surface area contributed by atoms with E-state index in [1.807, 2.05) is 6.92 Å². The van der Waals surface area contributed by atoms with Crippen LogP contribution in [0.1, 0.15) is 118 Å². The summed E-state index contributed by atoms with van der Waals surface area (Å²) in [6, 6.07) is 0.418. The maximum atomic E-state index is 13.8. The lowest BCUT2D eigenvalue weighted by Gasteiger charge is -2.52. The summed E-state index contributed by atoms with van der Waals surface area (Å²) in [6.07, 6.45) is 17.0. The molecule has 1 aromatic rings. The van der Waals surface area contributed by atoms with E-state index in [-0.39, 0.29) is 17.8 Å². The number of ether oxygens (including phenoxy) is 1. The van der Waals surface area contributed by atoms with E-state index in [0.717, 1.165) is 56.4 Å². The standard InChI is InChI=1S/C27H39N3O3/c1-2-33-25(32)27(17-26-16-18(26)14-15-22(26)27)28-24(31)23-20-12-8-3-4-9-13-21(20)30(29-23)19-10-6-5-7-11-19/h18-19,22H,2-17H2,1H3,(H,28,31). The van der Waals surface area contributed by atoms with E-state index < -0.39 is 5.54 Å². The molecule has 1 N–H and O–H groups in total. The van der Waals surface area contributed by atoms with Gasteiger partial charge in [0.2, 0.25) is 0 Å². The first kappa shape index (κ1) is 21.7. The summed E-state index contributed by atoms with van der Waals surface area (Å²) in [7, 11) is 0. The van der Waals surface area contributed by atoms with Gasteiger partial charge in [0.15, 0.2) is 5.69 Å². The summed E-state index contributed by atoms with van der Waals surface area (Å²) in [6.45, 7) is 2.20. The second-order valence-electron chi connectivity index (χ2n) is 11.5. The fourth-order valence-corrected chi connectivity index (χ4v) is 8.17. The van der Waals surface area contributed by atoms with E-state index in [1.165, 1.54) is 57.1 Å². The maximum Gasteiger partial charge on any atom is 0.332 e. The summed E-state index contributed by atoms with van der Waals surface area (Å²) in [4.78, 5) is 27.0. The second-order valence-corrected chi connectivity index (χ2v) is 11.5. The number of hydrogen-bond acceptors (Lipinski definition) is 4. The van der Waals surface area contributed by atoms with Crippen molar-refractivity contribution < 1.29 is 14.3 Å². The van der Waals surface area contributed by atoms with Crippen molar-refractivity contribution in [2.24, 2.45) is 17.3 Å². The molecule has 1 heterocycles. The molecule has 4 atom stereocenters. The van der Waals surface area contributed by atoms with Gasteiger partial charge >= 0.3 is 5.97 Å². The van der Waals surface area contributed by atoms with Gasteiger partial charge in [-0.05, 0) is 88.4 Å². The molecule has 0 radical (unpaired) electrons. The molecule has 1 spiro atoms. The zero-order chi connectivity index (χ0) is 22.6. The summed E-state index contributed by atoms with van der Waals surface area (Å²) < 4.78 is 7.76. The van der Waals surface area contributed by atoms with Gasteiger partial charge in [0, 0.05) is 11.3 Å². The van der Waals surface area contributed by atoms with Crippen LogP contribution in [0, 0.1) is 17.3 Å². The number of nitrogens with one attached hydrogen (secondary N) is 1. The van der Waals surface area contributed by atoms with Crippen LogP contribution in [0.3, 0.4) is 0 Å². The van der Waals surface area contributed by atoms with Crippen LogP contribution < -0.4 is 5.32 Å². The number of carbonyl (C=O) groups is 2. The number of aromatic nitrogens is 2. The van der Waals surface area contributed by atoms with E-state index >= 15 is 0 Å². The van der Waals surface area contributed by atoms with Crippen LogP contribution in [0.5, 0.6) is 0 Å². The minimum absolute atomic E-state index is 0.145. The molecule has 4 saturated carbocycles. The molecular weight excluding hydrogens is 414 g/mol. The topological polar surface area (TPSA) is 73.2 Å². The molecule has 1 aromatic heterocycles. The van der Waals surface area contributed by atoms with Gasteiger partial charge in [-0.25, -0.2) is 4.79 Å². The van der Waals surface area contributed by atoms with Crippen LogP contribution in [0.25, 0.3) is 0 Å². The minimum atomic E-state index is -0.846. The first-order valence-electron chi connectivity index (χ1n) is 13.7. The van der Waals surface area contributed by atoms with Crippen molar-refractivity contribution in [1.29, 1.82) is 0 Å². The Morgan fingerprint density at radius 1 is 1.03 bits per heavy atom.